The average Bonchev–Trinajstić information content (AvgIpc) is 2.92. The van der Waals surface area contributed by atoms with E-state index in [0.29, 0.717) is 21.1 Å². The van der Waals surface area contributed by atoms with Crippen LogP contribution in [0.2, 0.25) is 0 Å². The van der Waals surface area contributed by atoms with Crippen molar-refractivity contribution in [3.63, 3.8) is 0 Å². The number of anilines is 1. The van der Waals surface area contributed by atoms with Crippen molar-refractivity contribution >= 4 is 42.4 Å². The number of hydrogen-bond acceptors (Lipinski definition) is 6. The van der Waals surface area contributed by atoms with Gasteiger partial charge in [-0.25, -0.2) is 13.4 Å². The zero-order valence-electron chi connectivity index (χ0n) is 14.6. The molecular weight excluding hydrogens is 372 g/mol. The summed E-state index contributed by atoms with van der Waals surface area (Å²) in [5.74, 6) is 0.311. The zero-order chi connectivity index (χ0) is 18.9. The van der Waals surface area contributed by atoms with Crippen LogP contribution >= 0.6 is 11.3 Å². The van der Waals surface area contributed by atoms with E-state index in [1.54, 1.807) is 12.1 Å². The molecule has 0 fully saturated rings. The monoisotopic (exact) mass is 390 g/mol. The minimum Gasteiger partial charge on any atom is -0.484 e. The summed E-state index contributed by atoms with van der Waals surface area (Å²) < 4.78 is 29.5. The van der Waals surface area contributed by atoms with Crippen LogP contribution in [0, 0.1) is 13.8 Å². The van der Waals surface area contributed by atoms with Gasteiger partial charge in [0.2, 0.25) is 0 Å². The maximum absolute atomic E-state index is 12.1. The van der Waals surface area contributed by atoms with E-state index in [-0.39, 0.29) is 17.4 Å². The third-order valence-electron chi connectivity index (χ3n) is 3.60. The highest BCUT2D eigenvalue weighted by atomic mass is 32.2. The van der Waals surface area contributed by atoms with Crippen LogP contribution in [0.25, 0.3) is 10.2 Å². The Kier molecular flexibility index (Phi) is 4.97. The fourth-order valence-corrected chi connectivity index (χ4v) is 4.15. The lowest BCUT2D eigenvalue weighted by molar-refractivity contribution is -0.118. The summed E-state index contributed by atoms with van der Waals surface area (Å²) in [6, 6.07) is 10.5. The van der Waals surface area contributed by atoms with Gasteiger partial charge in [0.1, 0.15) is 5.75 Å². The Morgan fingerprint density at radius 1 is 1.15 bits per heavy atom. The Hall–Kier alpha value is -2.45. The average molecular weight is 390 g/mol. The summed E-state index contributed by atoms with van der Waals surface area (Å²) in [6.07, 6.45) is 1.15. The molecule has 2 aromatic carbocycles. The van der Waals surface area contributed by atoms with Crippen molar-refractivity contribution in [2.75, 3.05) is 18.2 Å². The number of carbonyl (C=O) groups excluding carboxylic acids is 1. The first-order valence-electron chi connectivity index (χ1n) is 7.82. The fraction of sp³-hybridized carbons (Fsp3) is 0.222. The fourth-order valence-electron chi connectivity index (χ4n) is 2.51. The molecule has 0 atom stereocenters. The molecule has 1 aromatic heterocycles. The lowest BCUT2D eigenvalue weighted by Crippen LogP contribution is -2.20. The number of aromatic nitrogens is 1. The van der Waals surface area contributed by atoms with E-state index in [0.717, 1.165) is 17.4 Å². The first-order chi connectivity index (χ1) is 12.2. The van der Waals surface area contributed by atoms with E-state index in [1.807, 2.05) is 32.0 Å². The molecule has 0 aliphatic heterocycles. The number of aryl methyl sites for hydroxylation is 2. The number of sulfone groups is 1. The molecule has 6 nitrogen and oxygen atoms in total. The molecule has 8 heteroatoms. The number of ether oxygens (including phenoxy) is 1. The van der Waals surface area contributed by atoms with Gasteiger partial charge in [0.05, 0.1) is 15.1 Å². The van der Waals surface area contributed by atoms with Crippen LogP contribution in [-0.4, -0.2) is 32.2 Å². The summed E-state index contributed by atoms with van der Waals surface area (Å²) in [5, 5.41) is 3.09. The molecule has 0 bridgehead atoms. The van der Waals surface area contributed by atoms with Gasteiger partial charge in [-0.05, 0) is 55.3 Å². The minimum absolute atomic E-state index is 0.132. The van der Waals surface area contributed by atoms with E-state index in [9.17, 15) is 13.2 Å². The van der Waals surface area contributed by atoms with Crippen LogP contribution in [0.4, 0.5) is 5.13 Å². The predicted octanol–water partition coefficient (Wildman–Crippen LogP) is 3.33. The summed E-state index contributed by atoms with van der Waals surface area (Å²) >= 11 is 1.22. The van der Waals surface area contributed by atoms with Crippen molar-refractivity contribution in [3.8, 4) is 5.75 Å². The standard InChI is InChI=1S/C18H18N2O4S2/c1-11-6-12(2)8-13(7-11)24-10-17(21)20-18-19-15-5-4-14(26(3,22)23)9-16(15)25-18/h4-9H,10H2,1-3H3,(H,19,20,21). The second kappa shape index (κ2) is 7.05. The number of carbonyl (C=O) groups is 1. The molecular formula is C18H18N2O4S2. The molecule has 1 heterocycles. The molecule has 1 amide bonds. The number of rotatable bonds is 5. The van der Waals surface area contributed by atoms with Gasteiger partial charge in [-0.1, -0.05) is 17.4 Å². The Balaban J connectivity index is 1.69. The van der Waals surface area contributed by atoms with E-state index >= 15 is 0 Å². The molecule has 0 unspecified atom stereocenters. The molecule has 26 heavy (non-hydrogen) atoms. The number of benzene rings is 2. The molecule has 136 valence electrons. The Morgan fingerprint density at radius 3 is 2.50 bits per heavy atom. The molecule has 0 aliphatic rings. The number of amides is 1. The second-order valence-electron chi connectivity index (χ2n) is 6.08. The van der Waals surface area contributed by atoms with E-state index in [2.05, 4.69) is 10.3 Å². The van der Waals surface area contributed by atoms with Gasteiger partial charge in [-0.15, -0.1) is 0 Å². The molecule has 3 rings (SSSR count). The molecule has 0 radical (unpaired) electrons. The van der Waals surface area contributed by atoms with Crippen LogP contribution in [0.5, 0.6) is 5.75 Å². The van der Waals surface area contributed by atoms with Crippen molar-refractivity contribution in [3.05, 3.63) is 47.5 Å². The molecule has 1 N–H and O–H groups in total. The minimum atomic E-state index is -3.28. The Labute approximate surface area is 155 Å². The second-order valence-corrected chi connectivity index (χ2v) is 9.13. The quantitative estimate of drug-likeness (QED) is 0.722. The third-order valence-corrected chi connectivity index (χ3v) is 5.64. The van der Waals surface area contributed by atoms with E-state index < -0.39 is 9.84 Å². The van der Waals surface area contributed by atoms with E-state index in [1.165, 1.54) is 17.4 Å². The van der Waals surface area contributed by atoms with Gasteiger partial charge in [0.15, 0.2) is 21.6 Å². The number of thiazole rings is 1. The van der Waals surface area contributed by atoms with Crippen LogP contribution in [-0.2, 0) is 14.6 Å². The number of fused-ring (bicyclic) bond motifs is 1. The van der Waals surface area contributed by atoms with Gasteiger partial charge < -0.3 is 4.74 Å². The van der Waals surface area contributed by atoms with Crippen molar-refractivity contribution in [1.29, 1.82) is 0 Å². The van der Waals surface area contributed by atoms with Crippen LogP contribution in [0.1, 0.15) is 11.1 Å². The number of nitrogens with zero attached hydrogens (tertiary/aromatic N) is 1. The highest BCUT2D eigenvalue weighted by Crippen LogP contribution is 2.28. The maximum Gasteiger partial charge on any atom is 0.264 e. The maximum atomic E-state index is 12.1. The largest absolute Gasteiger partial charge is 0.484 e. The van der Waals surface area contributed by atoms with Crippen LogP contribution < -0.4 is 10.1 Å². The molecule has 0 saturated carbocycles. The molecule has 3 aromatic rings. The van der Waals surface area contributed by atoms with Crippen LogP contribution in [0.3, 0.4) is 0 Å². The van der Waals surface area contributed by atoms with Crippen LogP contribution in [0.15, 0.2) is 41.3 Å². The van der Waals surface area contributed by atoms with Gasteiger partial charge in [0.25, 0.3) is 5.91 Å². The zero-order valence-corrected chi connectivity index (χ0v) is 16.2. The number of nitrogens with one attached hydrogen (secondary N) is 1. The topological polar surface area (TPSA) is 85.4 Å². The third kappa shape index (κ3) is 4.39. The summed E-state index contributed by atoms with van der Waals surface area (Å²) in [4.78, 5) is 16.6. The van der Waals surface area contributed by atoms with Crippen molar-refractivity contribution in [1.82, 2.24) is 4.98 Å². The van der Waals surface area contributed by atoms with E-state index in [4.69, 9.17) is 4.74 Å². The molecule has 0 saturated heterocycles. The van der Waals surface area contributed by atoms with Gasteiger partial charge >= 0.3 is 0 Å². The molecule has 0 aliphatic carbocycles. The normalized spacial score (nSPS) is 11.5. The Bertz CT molecular complexity index is 1070. The first-order valence-corrected chi connectivity index (χ1v) is 10.5. The molecule has 0 spiro atoms. The summed E-state index contributed by atoms with van der Waals surface area (Å²) in [7, 11) is -3.28. The highest BCUT2D eigenvalue weighted by molar-refractivity contribution is 7.90. The highest BCUT2D eigenvalue weighted by Gasteiger charge is 2.12. The smallest absolute Gasteiger partial charge is 0.264 e. The summed E-state index contributed by atoms with van der Waals surface area (Å²) in [5.41, 5.74) is 2.76. The van der Waals surface area contributed by atoms with Crippen molar-refractivity contribution in [2.24, 2.45) is 0 Å². The van der Waals surface area contributed by atoms with Gasteiger partial charge in [-0.2, -0.15) is 0 Å². The number of hydrogen-bond donors (Lipinski definition) is 1. The van der Waals surface area contributed by atoms with Gasteiger partial charge in [0, 0.05) is 6.26 Å². The lowest BCUT2D eigenvalue weighted by Gasteiger charge is -2.07. The van der Waals surface area contributed by atoms with Gasteiger partial charge in [-0.3, -0.25) is 10.1 Å². The van der Waals surface area contributed by atoms with Crippen molar-refractivity contribution < 1.29 is 17.9 Å². The first kappa shape index (κ1) is 18.3. The summed E-state index contributed by atoms with van der Waals surface area (Å²) in [6.45, 7) is 3.80. The SMILES string of the molecule is Cc1cc(C)cc(OCC(=O)Nc2nc3ccc(S(C)(=O)=O)cc3s2)c1. The lowest BCUT2D eigenvalue weighted by atomic mass is 10.1. The Morgan fingerprint density at radius 2 is 1.85 bits per heavy atom. The van der Waals surface area contributed by atoms with Crippen molar-refractivity contribution in [2.45, 2.75) is 18.7 Å². The predicted molar refractivity (Wildman–Crippen MR) is 103 cm³/mol.